The highest BCUT2D eigenvalue weighted by Gasteiger charge is 2.06. The van der Waals surface area contributed by atoms with E-state index in [-0.39, 0.29) is 6.10 Å². The van der Waals surface area contributed by atoms with Gasteiger partial charge in [-0.2, -0.15) is 0 Å². The first-order chi connectivity index (χ1) is 9.15. The zero-order chi connectivity index (χ0) is 13.7. The molecule has 0 bridgehead atoms. The summed E-state index contributed by atoms with van der Waals surface area (Å²) in [5.74, 6) is 1.51. The summed E-state index contributed by atoms with van der Waals surface area (Å²) in [5.41, 5.74) is 7.63. The van der Waals surface area contributed by atoms with Crippen LogP contribution in [0.5, 0.6) is 5.75 Å². The largest absolute Gasteiger partial charge is 0.487 e. The lowest BCUT2D eigenvalue weighted by atomic mass is 10.2. The molecule has 0 radical (unpaired) electrons. The van der Waals surface area contributed by atoms with Gasteiger partial charge in [-0.15, -0.1) is 0 Å². The molecule has 0 unspecified atom stereocenters. The molecule has 1 aromatic carbocycles. The Kier molecular flexibility index (Phi) is 4.23. The van der Waals surface area contributed by atoms with Gasteiger partial charge in [-0.25, -0.2) is 4.98 Å². The number of nitrogens with one attached hydrogen (secondary N) is 1. The lowest BCUT2D eigenvalue weighted by Gasteiger charge is -2.14. The van der Waals surface area contributed by atoms with Crippen molar-refractivity contribution >= 4 is 11.5 Å². The van der Waals surface area contributed by atoms with Gasteiger partial charge in [0.05, 0.1) is 6.10 Å². The van der Waals surface area contributed by atoms with E-state index in [4.69, 9.17) is 10.5 Å². The molecule has 1 aromatic heterocycles. The number of rotatable bonds is 5. The van der Waals surface area contributed by atoms with Gasteiger partial charge in [0.1, 0.15) is 0 Å². The van der Waals surface area contributed by atoms with Crippen LogP contribution in [0.15, 0.2) is 42.6 Å². The normalized spacial score (nSPS) is 10.5. The van der Waals surface area contributed by atoms with E-state index in [0.717, 1.165) is 22.8 Å². The first-order valence-electron chi connectivity index (χ1n) is 6.35. The number of nitrogens with two attached hydrogens (primary N) is 1. The van der Waals surface area contributed by atoms with Crippen molar-refractivity contribution in [2.45, 2.75) is 26.5 Å². The Morgan fingerprint density at radius 1 is 1.26 bits per heavy atom. The van der Waals surface area contributed by atoms with Crippen LogP contribution in [0.2, 0.25) is 0 Å². The van der Waals surface area contributed by atoms with Gasteiger partial charge in [-0.05, 0) is 43.7 Å². The lowest BCUT2D eigenvalue weighted by Crippen LogP contribution is -2.09. The molecule has 4 nitrogen and oxygen atoms in total. The molecular formula is C15H19N3O. The third-order valence-corrected chi connectivity index (χ3v) is 2.54. The summed E-state index contributed by atoms with van der Waals surface area (Å²) in [6.45, 7) is 4.65. The minimum Gasteiger partial charge on any atom is -0.487 e. The first kappa shape index (κ1) is 13.2. The van der Waals surface area contributed by atoms with Crippen molar-refractivity contribution in [1.29, 1.82) is 0 Å². The van der Waals surface area contributed by atoms with Gasteiger partial charge in [0.25, 0.3) is 0 Å². The van der Waals surface area contributed by atoms with Gasteiger partial charge in [0.2, 0.25) is 0 Å². The molecule has 0 aliphatic carbocycles. The second kappa shape index (κ2) is 6.09. The second-order valence-corrected chi connectivity index (χ2v) is 4.62. The van der Waals surface area contributed by atoms with Gasteiger partial charge in [-0.1, -0.05) is 12.1 Å². The minimum atomic E-state index is 0.122. The van der Waals surface area contributed by atoms with E-state index >= 15 is 0 Å². The number of ether oxygens (including phenoxy) is 1. The van der Waals surface area contributed by atoms with Crippen molar-refractivity contribution in [3.8, 4) is 5.75 Å². The maximum atomic E-state index is 5.76. The molecule has 2 rings (SSSR count). The van der Waals surface area contributed by atoms with Crippen molar-refractivity contribution < 1.29 is 4.74 Å². The van der Waals surface area contributed by atoms with E-state index in [1.54, 1.807) is 6.20 Å². The van der Waals surface area contributed by atoms with Crippen LogP contribution in [0.25, 0.3) is 0 Å². The number of nitrogen functional groups attached to an aromatic ring is 1. The molecular weight excluding hydrogens is 238 g/mol. The molecule has 0 amide bonds. The average molecular weight is 257 g/mol. The highest BCUT2D eigenvalue weighted by atomic mass is 16.5. The van der Waals surface area contributed by atoms with Gasteiger partial charge in [-0.3, -0.25) is 0 Å². The van der Waals surface area contributed by atoms with E-state index in [9.17, 15) is 0 Å². The molecule has 0 aliphatic heterocycles. The van der Waals surface area contributed by atoms with Crippen molar-refractivity contribution in [2.75, 3.05) is 11.1 Å². The second-order valence-electron chi connectivity index (χ2n) is 4.62. The quantitative estimate of drug-likeness (QED) is 0.808. The number of nitrogens with zero attached hydrogens (tertiary/aromatic N) is 1. The highest BCUT2D eigenvalue weighted by Crippen LogP contribution is 2.22. The van der Waals surface area contributed by atoms with Crippen LogP contribution in [-0.4, -0.2) is 11.1 Å². The highest BCUT2D eigenvalue weighted by molar-refractivity contribution is 5.50. The summed E-state index contributed by atoms with van der Waals surface area (Å²) in [5, 5.41) is 3.27. The SMILES string of the molecule is CC(C)Oc1cccnc1NCc1cccc(N)c1. The van der Waals surface area contributed by atoms with E-state index < -0.39 is 0 Å². The Hall–Kier alpha value is -2.23. The molecule has 1 heterocycles. The summed E-state index contributed by atoms with van der Waals surface area (Å²) in [6, 6.07) is 11.6. The molecule has 100 valence electrons. The van der Waals surface area contributed by atoms with Gasteiger partial charge in [0, 0.05) is 18.4 Å². The number of pyridine rings is 1. The number of hydrogen-bond acceptors (Lipinski definition) is 4. The van der Waals surface area contributed by atoms with Gasteiger partial charge < -0.3 is 15.8 Å². The average Bonchev–Trinajstić information content (AvgIpc) is 2.37. The molecule has 19 heavy (non-hydrogen) atoms. The molecule has 0 saturated heterocycles. The van der Waals surface area contributed by atoms with E-state index in [1.807, 2.05) is 50.2 Å². The monoisotopic (exact) mass is 257 g/mol. The number of hydrogen-bond donors (Lipinski definition) is 2. The maximum Gasteiger partial charge on any atom is 0.169 e. The molecule has 0 fully saturated rings. The first-order valence-corrected chi connectivity index (χ1v) is 6.35. The van der Waals surface area contributed by atoms with Crippen LogP contribution < -0.4 is 15.8 Å². The Morgan fingerprint density at radius 3 is 2.84 bits per heavy atom. The zero-order valence-electron chi connectivity index (χ0n) is 11.3. The van der Waals surface area contributed by atoms with Crippen molar-refractivity contribution in [2.24, 2.45) is 0 Å². The van der Waals surface area contributed by atoms with Crippen LogP contribution in [-0.2, 0) is 6.54 Å². The standard InChI is InChI=1S/C15H19N3O/c1-11(2)19-14-7-4-8-17-15(14)18-10-12-5-3-6-13(16)9-12/h3-9,11H,10,16H2,1-2H3,(H,17,18). The fourth-order valence-electron chi connectivity index (χ4n) is 1.76. The van der Waals surface area contributed by atoms with Crippen molar-refractivity contribution in [3.63, 3.8) is 0 Å². The molecule has 0 aliphatic rings. The van der Waals surface area contributed by atoms with Crippen LogP contribution in [0.4, 0.5) is 11.5 Å². The minimum absolute atomic E-state index is 0.122. The van der Waals surface area contributed by atoms with E-state index in [1.165, 1.54) is 0 Å². The Morgan fingerprint density at radius 2 is 2.11 bits per heavy atom. The van der Waals surface area contributed by atoms with E-state index in [0.29, 0.717) is 6.54 Å². The summed E-state index contributed by atoms with van der Waals surface area (Å²) in [6.07, 6.45) is 1.87. The lowest BCUT2D eigenvalue weighted by molar-refractivity contribution is 0.243. The van der Waals surface area contributed by atoms with Crippen LogP contribution in [0.1, 0.15) is 19.4 Å². The fourth-order valence-corrected chi connectivity index (χ4v) is 1.76. The predicted octanol–water partition coefficient (Wildman–Crippen LogP) is 3.06. The Bertz CT molecular complexity index is 540. The summed E-state index contributed by atoms with van der Waals surface area (Å²) in [4.78, 5) is 4.30. The molecule has 3 N–H and O–H groups in total. The number of aromatic nitrogens is 1. The molecule has 2 aromatic rings. The maximum absolute atomic E-state index is 5.76. The smallest absolute Gasteiger partial charge is 0.169 e. The van der Waals surface area contributed by atoms with E-state index in [2.05, 4.69) is 10.3 Å². The Balaban J connectivity index is 2.07. The summed E-state index contributed by atoms with van der Waals surface area (Å²) < 4.78 is 5.71. The van der Waals surface area contributed by atoms with Gasteiger partial charge >= 0.3 is 0 Å². The van der Waals surface area contributed by atoms with Crippen molar-refractivity contribution in [1.82, 2.24) is 4.98 Å². The van der Waals surface area contributed by atoms with Crippen molar-refractivity contribution in [3.05, 3.63) is 48.2 Å². The van der Waals surface area contributed by atoms with Gasteiger partial charge in [0.15, 0.2) is 11.6 Å². The molecule has 0 saturated carbocycles. The molecule has 0 spiro atoms. The molecule has 0 atom stereocenters. The third-order valence-electron chi connectivity index (χ3n) is 2.54. The summed E-state index contributed by atoms with van der Waals surface area (Å²) >= 11 is 0. The topological polar surface area (TPSA) is 60.2 Å². The number of benzene rings is 1. The van der Waals surface area contributed by atoms with Crippen LogP contribution >= 0.6 is 0 Å². The number of anilines is 2. The molecule has 4 heteroatoms. The summed E-state index contributed by atoms with van der Waals surface area (Å²) in [7, 11) is 0. The Labute approximate surface area is 113 Å². The van der Waals surface area contributed by atoms with Crippen LogP contribution in [0, 0.1) is 0 Å². The van der Waals surface area contributed by atoms with Crippen LogP contribution in [0.3, 0.4) is 0 Å². The zero-order valence-corrected chi connectivity index (χ0v) is 11.3. The fraction of sp³-hybridized carbons (Fsp3) is 0.267. The third kappa shape index (κ3) is 3.88. The predicted molar refractivity (Wildman–Crippen MR) is 78.2 cm³/mol.